The highest BCUT2D eigenvalue weighted by atomic mass is 79.9. The molecule has 0 aliphatic carbocycles. The SMILES string of the molecule is CN1C(=O)[C@H](CCCCNC(=O)OC(C)(C)C)NC(=O)[C@H](CCCO)NCc2cccnc2Sc2c(Cl)ccc(Br)c2CNC(=O)[C@@H]1Cc1cn(C(=O)OC(C)(C)C)c2ccccc12. The zero-order valence-electron chi connectivity index (χ0n) is 37.4. The van der Waals surface area contributed by atoms with E-state index in [2.05, 4.69) is 42.2 Å². The smallest absolute Gasteiger partial charge is 0.419 e. The summed E-state index contributed by atoms with van der Waals surface area (Å²) in [4.78, 5) is 76.4. The van der Waals surface area contributed by atoms with E-state index in [0.717, 1.165) is 5.56 Å². The van der Waals surface area contributed by atoms with Crippen LogP contribution in [0.2, 0.25) is 5.02 Å². The third kappa shape index (κ3) is 13.9. The molecule has 1 aliphatic rings. The number of amides is 4. The van der Waals surface area contributed by atoms with E-state index in [1.807, 2.05) is 18.2 Å². The number of unbranched alkanes of at least 4 members (excludes halogenated alkanes) is 1. The number of pyridine rings is 1. The number of alkyl carbamates (subject to hydrolysis) is 1. The molecule has 3 heterocycles. The number of rotatable bonds is 10. The van der Waals surface area contributed by atoms with Gasteiger partial charge in [0.15, 0.2) is 0 Å². The summed E-state index contributed by atoms with van der Waals surface area (Å²) in [6.07, 6.45) is 3.74. The average Bonchev–Trinajstić information content (AvgIpc) is 3.60. The molecule has 3 atom stereocenters. The number of ether oxygens (including phenoxy) is 2. The number of nitrogens with one attached hydrogen (secondary N) is 4. The van der Waals surface area contributed by atoms with Gasteiger partial charge in [-0.05, 0) is 109 Å². The third-order valence-electron chi connectivity index (χ3n) is 10.3. The number of hydrogen-bond donors (Lipinski definition) is 5. The molecular formula is C46H59BrClN7O8S. The number of aliphatic hydroxyl groups excluding tert-OH is 1. The minimum atomic E-state index is -1.14. The Bertz CT molecular complexity index is 2310. The molecule has 0 unspecified atom stereocenters. The zero-order valence-corrected chi connectivity index (χ0v) is 40.5. The second-order valence-electron chi connectivity index (χ2n) is 17.6. The highest BCUT2D eigenvalue weighted by Crippen LogP contribution is 2.40. The fraction of sp³-hybridized carbons (Fsp3) is 0.478. The maximum atomic E-state index is 14.9. The van der Waals surface area contributed by atoms with E-state index < -0.39 is 59.2 Å². The lowest BCUT2D eigenvalue weighted by Gasteiger charge is -2.32. The van der Waals surface area contributed by atoms with Crippen molar-refractivity contribution in [1.29, 1.82) is 0 Å². The summed E-state index contributed by atoms with van der Waals surface area (Å²) < 4.78 is 13.2. The highest BCUT2D eigenvalue weighted by molar-refractivity contribution is 9.10. The van der Waals surface area contributed by atoms with Gasteiger partial charge in [-0.15, -0.1) is 0 Å². The molecule has 18 heteroatoms. The Balaban J connectivity index is 1.57. The van der Waals surface area contributed by atoms with Crippen molar-refractivity contribution in [2.45, 2.75) is 132 Å². The molecule has 2 aromatic heterocycles. The molecule has 5 N–H and O–H groups in total. The van der Waals surface area contributed by atoms with Crippen LogP contribution in [0.25, 0.3) is 10.9 Å². The van der Waals surface area contributed by atoms with Crippen LogP contribution in [-0.4, -0.2) is 99.0 Å². The lowest BCUT2D eigenvalue weighted by atomic mass is 10.0. The maximum absolute atomic E-state index is 14.9. The molecule has 0 spiro atoms. The summed E-state index contributed by atoms with van der Waals surface area (Å²) in [6.45, 7) is 11.0. The highest BCUT2D eigenvalue weighted by Gasteiger charge is 2.35. The number of aromatic nitrogens is 2. The third-order valence-corrected chi connectivity index (χ3v) is 12.7. The van der Waals surface area contributed by atoms with Crippen LogP contribution in [0.3, 0.4) is 0 Å². The van der Waals surface area contributed by atoms with E-state index in [4.69, 9.17) is 21.1 Å². The van der Waals surface area contributed by atoms with Gasteiger partial charge >= 0.3 is 12.2 Å². The Labute approximate surface area is 392 Å². The fourth-order valence-corrected chi connectivity index (χ4v) is 9.08. The largest absolute Gasteiger partial charge is 0.444 e. The second kappa shape index (κ2) is 22.5. The monoisotopic (exact) mass is 983 g/mol. The van der Waals surface area contributed by atoms with Gasteiger partial charge in [0.2, 0.25) is 17.7 Å². The number of hydrogen-bond acceptors (Lipinski definition) is 11. The number of benzene rings is 2. The average molecular weight is 985 g/mol. The van der Waals surface area contributed by atoms with Crippen LogP contribution in [0.1, 0.15) is 90.3 Å². The maximum Gasteiger partial charge on any atom is 0.419 e. The number of halogens is 2. The van der Waals surface area contributed by atoms with E-state index in [1.165, 1.54) is 28.3 Å². The first-order valence-electron chi connectivity index (χ1n) is 21.3. The van der Waals surface area contributed by atoms with Gasteiger partial charge in [0.1, 0.15) is 28.3 Å². The molecule has 0 fully saturated rings. The van der Waals surface area contributed by atoms with Crippen LogP contribution in [-0.2, 0) is 43.4 Å². The van der Waals surface area contributed by atoms with Gasteiger partial charge in [0.25, 0.3) is 0 Å². The van der Waals surface area contributed by atoms with Gasteiger partial charge in [-0.2, -0.15) is 0 Å². The quantitative estimate of drug-likeness (QED) is 0.0989. The summed E-state index contributed by atoms with van der Waals surface area (Å²) >= 11 is 11.9. The van der Waals surface area contributed by atoms with E-state index >= 15 is 0 Å². The van der Waals surface area contributed by atoms with Crippen molar-refractivity contribution in [2.75, 3.05) is 20.2 Å². The van der Waals surface area contributed by atoms with Crippen LogP contribution in [0.15, 0.2) is 75.3 Å². The van der Waals surface area contributed by atoms with Crippen molar-refractivity contribution in [2.24, 2.45) is 0 Å². The first kappa shape index (κ1) is 50.3. The van der Waals surface area contributed by atoms with Gasteiger partial charge in [-0.25, -0.2) is 14.6 Å². The second-order valence-corrected chi connectivity index (χ2v) is 19.9. The Kier molecular flexibility index (Phi) is 17.7. The Morgan fingerprint density at radius 1 is 0.938 bits per heavy atom. The molecule has 346 valence electrons. The van der Waals surface area contributed by atoms with Gasteiger partial charge < -0.3 is 40.7 Å². The number of aliphatic hydroxyl groups is 1. The minimum absolute atomic E-state index is 0.0127. The Morgan fingerprint density at radius 3 is 2.38 bits per heavy atom. The van der Waals surface area contributed by atoms with Crippen molar-refractivity contribution in [1.82, 2.24) is 35.7 Å². The van der Waals surface area contributed by atoms with Crippen molar-refractivity contribution in [3.8, 4) is 0 Å². The van der Waals surface area contributed by atoms with Crippen LogP contribution >= 0.6 is 39.3 Å². The molecule has 0 saturated carbocycles. The van der Waals surface area contributed by atoms with E-state index in [-0.39, 0.29) is 45.5 Å². The summed E-state index contributed by atoms with van der Waals surface area (Å²) in [6, 6.07) is 11.4. The van der Waals surface area contributed by atoms with Gasteiger partial charge in [-0.1, -0.05) is 63.6 Å². The van der Waals surface area contributed by atoms with Crippen LogP contribution < -0.4 is 21.3 Å². The molecule has 2 aromatic carbocycles. The standard InChI is InChI=1S/C46H59BrClN7O8S/c1-45(2,3)62-43(60)50-21-11-10-16-35-42(59)54(7)37(24-29-27-55(44(61)63-46(4,5)6)36-18-9-8-15-30(29)36)40(58)52-26-31-32(47)19-20-33(48)38(31)64-41-28(14-12-22-49-41)25-51-34(17-13-23-56)39(57)53-35/h8-9,12,14-15,18-20,22,27,34-35,37,51,56H,10-11,13,16-17,21,23-26H2,1-7H3,(H,50,60)(H,52,58)(H,53,57)/t34-,35-,37-/m0/s1. The van der Waals surface area contributed by atoms with Crippen molar-refractivity contribution in [3.63, 3.8) is 0 Å². The van der Waals surface area contributed by atoms with Crippen LogP contribution in [0.5, 0.6) is 0 Å². The predicted octanol–water partition coefficient (Wildman–Crippen LogP) is 7.50. The van der Waals surface area contributed by atoms with Crippen molar-refractivity contribution >= 4 is 80.1 Å². The first-order valence-corrected chi connectivity index (χ1v) is 23.3. The summed E-state index contributed by atoms with van der Waals surface area (Å²) in [5.41, 5.74) is 1.18. The molecule has 4 aromatic rings. The first-order chi connectivity index (χ1) is 30.3. The molecule has 0 bridgehead atoms. The number of para-hydroxylation sites is 1. The molecule has 4 amide bonds. The molecule has 15 nitrogen and oxygen atoms in total. The molecule has 5 rings (SSSR count). The number of fused-ring (bicyclic) bond motifs is 3. The van der Waals surface area contributed by atoms with Crippen molar-refractivity contribution in [3.05, 3.63) is 87.1 Å². The molecule has 64 heavy (non-hydrogen) atoms. The van der Waals surface area contributed by atoms with Gasteiger partial charge in [-0.3, -0.25) is 19.0 Å². The molecular weight excluding hydrogens is 926 g/mol. The summed E-state index contributed by atoms with van der Waals surface area (Å²) in [5, 5.41) is 23.7. The topological polar surface area (TPSA) is 193 Å². The van der Waals surface area contributed by atoms with Crippen LogP contribution in [0.4, 0.5) is 9.59 Å². The lowest BCUT2D eigenvalue weighted by molar-refractivity contribution is -0.142. The van der Waals surface area contributed by atoms with Crippen molar-refractivity contribution < 1.29 is 38.6 Å². The minimum Gasteiger partial charge on any atom is -0.444 e. The number of likely N-dealkylation sites (N-methyl/N-ethyl adjacent to an activating group) is 1. The van der Waals surface area contributed by atoms with E-state index in [0.29, 0.717) is 60.7 Å². The zero-order chi connectivity index (χ0) is 46.8. The van der Waals surface area contributed by atoms with Crippen LogP contribution in [0, 0.1) is 0 Å². The molecule has 1 aliphatic heterocycles. The van der Waals surface area contributed by atoms with E-state index in [9.17, 15) is 29.1 Å². The van der Waals surface area contributed by atoms with Gasteiger partial charge in [0, 0.05) is 72.4 Å². The number of carbonyl (C=O) groups excluding carboxylic acids is 5. The Morgan fingerprint density at radius 2 is 1.66 bits per heavy atom. The molecule has 0 saturated heterocycles. The van der Waals surface area contributed by atoms with Gasteiger partial charge in [0.05, 0.1) is 16.6 Å². The number of carbonyl (C=O) groups is 5. The van der Waals surface area contributed by atoms with E-state index in [1.54, 1.807) is 84.3 Å². The number of nitrogens with zero attached hydrogens (tertiary/aromatic N) is 3. The summed E-state index contributed by atoms with van der Waals surface area (Å²) in [7, 11) is 1.53. The Hall–Kier alpha value is -4.68. The predicted molar refractivity (Wildman–Crippen MR) is 250 cm³/mol. The normalized spacial score (nSPS) is 18.1. The molecule has 0 radical (unpaired) electrons. The fourth-order valence-electron chi connectivity index (χ4n) is 7.14. The lowest BCUT2D eigenvalue weighted by Crippen LogP contribution is -2.57. The summed E-state index contributed by atoms with van der Waals surface area (Å²) in [5.74, 6) is -1.48.